The first-order valence-corrected chi connectivity index (χ1v) is 19.3. The molecule has 0 saturated carbocycles. The molecule has 0 fully saturated rings. The molecule has 0 radical (unpaired) electrons. The Morgan fingerprint density at radius 3 is 2.30 bits per heavy atom. The first-order valence-electron chi connectivity index (χ1n) is 17.7. The van der Waals surface area contributed by atoms with Gasteiger partial charge >= 0.3 is 35.5 Å². The molecule has 1 aliphatic rings. The monoisotopic (exact) mass is 778 g/mol. The molecule has 6 atom stereocenters. The summed E-state index contributed by atoms with van der Waals surface area (Å²) in [4.78, 5) is 36.7. The molecule has 13 heteroatoms. The Hall–Kier alpha value is -3.10. The van der Waals surface area contributed by atoms with Crippen molar-refractivity contribution in [1.82, 2.24) is 10.6 Å². The topological polar surface area (TPSA) is 160 Å². The number of hydrogen-bond acceptors (Lipinski definition) is 9. The molecule has 0 bridgehead atoms. The van der Waals surface area contributed by atoms with Crippen LogP contribution in [0.5, 0.6) is 0 Å². The number of carbonyl (C=O) groups excluding carboxylic acids is 3. The number of methoxy groups -OCH3 is 2. The summed E-state index contributed by atoms with van der Waals surface area (Å²) in [6.07, 6.45) is 27.5. The summed E-state index contributed by atoms with van der Waals surface area (Å²) in [6, 6.07) is -1.51. The van der Waals surface area contributed by atoms with E-state index in [1.807, 2.05) is 70.2 Å². The Kier molecular flexibility index (Phi) is 25.9. The van der Waals surface area contributed by atoms with Gasteiger partial charge in [-0.15, -0.1) is 0 Å². The summed E-state index contributed by atoms with van der Waals surface area (Å²) in [5.41, 5.74) is 4.10. The zero-order chi connectivity index (χ0) is 40.0. The fourth-order valence-corrected chi connectivity index (χ4v) is 5.90. The molecule has 54 heavy (non-hydrogen) atoms. The molecule has 2 N–H and O–H groups in total. The van der Waals surface area contributed by atoms with Gasteiger partial charge in [0, 0.05) is 32.3 Å². The molecule has 0 aromatic carbocycles. The normalized spacial score (nSPS) is 29.0. The zero-order valence-electron chi connectivity index (χ0n) is 33.7. The summed E-state index contributed by atoms with van der Waals surface area (Å²) < 4.78 is 50.9. The molecule has 0 aliphatic carbocycles. The van der Waals surface area contributed by atoms with Crippen LogP contribution in [0.25, 0.3) is 0 Å². The number of ether oxygens (including phenoxy) is 3. The van der Waals surface area contributed by atoms with Crippen LogP contribution in [0.1, 0.15) is 67.7 Å². The van der Waals surface area contributed by atoms with Crippen LogP contribution < -0.4 is 40.2 Å². The minimum Gasteiger partial charge on any atom is -0.748 e. The molecule has 0 aromatic rings. The van der Waals surface area contributed by atoms with Crippen molar-refractivity contribution in [2.45, 2.75) is 92.1 Å². The number of amides is 2. The van der Waals surface area contributed by atoms with Crippen LogP contribution in [0.3, 0.4) is 0 Å². The third kappa shape index (κ3) is 22.3. The fraction of sp³-hybridized carbons (Fsp3) is 0.488. The molecule has 0 aromatic heterocycles. The Bertz CT molecular complexity index is 1600. The van der Waals surface area contributed by atoms with E-state index in [4.69, 9.17) is 14.2 Å². The zero-order valence-corrected chi connectivity index (χ0v) is 36.5. The predicted molar refractivity (Wildman–Crippen MR) is 210 cm³/mol. The Balaban J connectivity index is 0.0000281. The van der Waals surface area contributed by atoms with Gasteiger partial charge in [-0.25, -0.2) is 13.2 Å². The minimum absolute atomic E-state index is 0. The SMILES string of the molecule is COC1/C=C(C)/C=C/C(C)/C=C(\C)C(=O)OC(/C(C)=C/C=C(\C)CNC(=O)[C@H](CS(=O)(=O)[O-])NC=O)C(C)/C=C/C=C/C(OC)CC/C=C(C)/C=C/C1.[Na+]. The van der Waals surface area contributed by atoms with E-state index < -0.39 is 39.9 Å². The molecule has 5 unspecified atom stereocenters. The number of hydrogen-bond donors (Lipinski definition) is 2. The van der Waals surface area contributed by atoms with Crippen LogP contribution >= 0.6 is 0 Å². The van der Waals surface area contributed by atoms with Gasteiger partial charge in [0.05, 0.1) is 28.1 Å². The van der Waals surface area contributed by atoms with Gasteiger partial charge in [-0.05, 0) is 65.4 Å². The average molecular weight is 779 g/mol. The van der Waals surface area contributed by atoms with Gasteiger partial charge in [0.15, 0.2) is 0 Å². The van der Waals surface area contributed by atoms with Gasteiger partial charge in [0.25, 0.3) is 0 Å². The first kappa shape index (κ1) is 50.9. The summed E-state index contributed by atoms with van der Waals surface area (Å²) in [5.74, 6) is -2.61. The summed E-state index contributed by atoms with van der Waals surface area (Å²) in [7, 11) is -1.38. The average Bonchev–Trinajstić information content (AvgIpc) is 3.09. The Labute approximate surface area is 345 Å². The van der Waals surface area contributed by atoms with Gasteiger partial charge in [-0.3, -0.25) is 9.59 Å². The van der Waals surface area contributed by atoms with Crippen molar-refractivity contribution >= 4 is 28.4 Å². The number of rotatable bonds is 11. The third-order valence-electron chi connectivity index (χ3n) is 8.36. The quantitative estimate of drug-likeness (QED) is 0.106. The van der Waals surface area contributed by atoms with Crippen LogP contribution in [0, 0.1) is 11.8 Å². The maximum Gasteiger partial charge on any atom is 1.00 e. The molecule has 2 amide bonds. The van der Waals surface area contributed by atoms with Crippen LogP contribution in [0.2, 0.25) is 0 Å². The first-order chi connectivity index (χ1) is 25.0. The maximum absolute atomic E-state index is 13.4. The van der Waals surface area contributed by atoms with Crippen molar-refractivity contribution in [3.05, 3.63) is 107 Å². The summed E-state index contributed by atoms with van der Waals surface area (Å²) in [6.45, 7) is 13.4. The van der Waals surface area contributed by atoms with E-state index in [1.54, 1.807) is 40.2 Å². The molecule has 1 heterocycles. The molecule has 294 valence electrons. The van der Waals surface area contributed by atoms with E-state index in [2.05, 4.69) is 41.9 Å². The van der Waals surface area contributed by atoms with Gasteiger partial charge in [0.2, 0.25) is 12.3 Å². The van der Waals surface area contributed by atoms with Crippen molar-refractivity contribution in [2.24, 2.45) is 11.8 Å². The second-order valence-corrected chi connectivity index (χ2v) is 14.8. The summed E-state index contributed by atoms with van der Waals surface area (Å²) >= 11 is 0. The summed E-state index contributed by atoms with van der Waals surface area (Å²) in [5, 5.41) is 4.59. The smallest absolute Gasteiger partial charge is 0.748 e. The fourth-order valence-electron chi connectivity index (χ4n) is 5.24. The molecular weight excluding hydrogens is 720 g/mol. The van der Waals surface area contributed by atoms with Crippen molar-refractivity contribution in [1.29, 1.82) is 0 Å². The van der Waals surface area contributed by atoms with E-state index in [0.29, 0.717) is 11.1 Å². The predicted octanol–water partition coefficient (Wildman–Crippen LogP) is 3.12. The van der Waals surface area contributed by atoms with E-state index >= 15 is 0 Å². The van der Waals surface area contributed by atoms with Crippen molar-refractivity contribution in [2.75, 3.05) is 26.5 Å². The third-order valence-corrected chi connectivity index (χ3v) is 9.10. The largest absolute Gasteiger partial charge is 1.00 e. The molecule has 0 spiro atoms. The van der Waals surface area contributed by atoms with E-state index in [0.717, 1.165) is 30.4 Å². The number of carbonyl (C=O) groups is 3. The van der Waals surface area contributed by atoms with Crippen molar-refractivity contribution in [3.8, 4) is 0 Å². The number of allylic oxidation sites excluding steroid dienone is 11. The molecule has 11 nitrogen and oxygen atoms in total. The molecule has 1 aliphatic heterocycles. The number of cyclic esters (lactones) is 1. The van der Waals surface area contributed by atoms with Crippen molar-refractivity contribution in [3.63, 3.8) is 0 Å². The Morgan fingerprint density at radius 2 is 1.67 bits per heavy atom. The molecule has 1 rings (SSSR count). The number of nitrogens with one attached hydrogen (secondary N) is 2. The van der Waals surface area contributed by atoms with Gasteiger partial charge in [-0.1, -0.05) is 110 Å². The van der Waals surface area contributed by atoms with E-state index in [1.165, 1.54) is 5.57 Å². The molecular formula is C41H59N2NaO9S. The van der Waals surface area contributed by atoms with Gasteiger partial charge in [-0.2, -0.15) is 0 Å². The van der Waals surface area contributed by atoms with Crippen LogP contribution in [-0.2, 0) is 38.7 Å². The second-order valence-electron chi connectivity index (χ2n) is 13.3. The number of esters is 1. The van der Waals surface area contributed by atoms with Gasteiger partial charge < -0.3 is 29.4 Å². The van der Waals surface area contributed by atoms with Crippen LogP contribution in [0.4, 0.5) is 0 Å². The van der Waals surface area contributed by atoms with E-state index in [-0.39, 0.29) is 66.6 Å². The molecule has 0 saturated heterocycles. The maximum atomic E-state index is 13.4. The second kappa shape index (κ2) is 27.5. The van der Waals surface area contributed by atoms with E-state index in [9.17, 15) is 27.4 Å². The Morgan fingerprint density at radius 1 is 1.00 bits per heavy atom. The minimum atomic E-state index is -4.75. The van der Waals surface area contributed by atoms with Crippen molar-refractivity contribution < 1.29 is 71.1 Å². The standard InChI is InChI=1S/C41H60N2O9S.Na/c1-29-14-12-18-36(50-8)17-11-10-16-33(5)39(34(6)23-22-32(4)26-42-40(45)38(43-28-44)27-53(47,48)49)52-41(46)35(7)24-30(2)20-21-31(3)25-37(51-9)19-13-15-29;/h10-11,13-17,20-25,28,30,33,36-39H,12,18-19,26-27H2,1-9H3,(H,42,45)(H,43,44)(H,47,48,49);/q;+1/p-1/b15-13+,16-10+,17-11+,21-20+,29-14+,31-25+,32-22+,34-23+,35-24+;/t30?,33?,36?,37?,38-,39?;/m0./s1. The van der Waals surface area contributed by atoms with Crippen LogP contribution in [-0.4, -0.2) is 82.1 Å². The van der Waals surface area contributed by atoms with Gasteiger partial charge in [0.1, 0.15) is 12.1 Å². The van der Waals surface area contributed by atoms with Crippen LogP contribution in [0.15, 0.2) is 107 Å².